The molecule has 2 rings (SSSR count). The van der Waals surface area contributed by atoms with Gasteiger partial charge in [-0.3, -0.25) is 4.79 Å². The Morgan fingerprint density at radius 2 is 2.00 bits per heavy atom. The summed E-state index contributed by atoms with van der Waals surface area (Å²) in [6.07, 6.45) is 6.06. The predicted molar refractivity (Wildman–Crippen MR) is 69.6 cm³/mol. The number of carbonyl (C=O) groups is 1. The first-order valence-corrected chi connectivity index (χ1v) is 7.11. The molecule has 2 aliphatic rings. The molecule has 0 aromatic heterocycles. The maximum absolute atomic E-state index is 11.5. The molecule has 0 bridgehead atoms. The SMILES string of the molecule is CCCC1(C(=O)O)CCN(C2CC(OC)C2)CC1. The summed E-state index contributed by atoms with van der Waals surface area (Å²) < 4.78 is 5.30. The van der Waals surface area contributed by atoms with E-state index in [0.29, 0.717) is 12.1 Å². The zero-order chi connectivity index (χ0) is 13.2. The summed E-state index contributed by atoms with van der Waals surface area (Å²) in [5.74, 6) is -0.590. The maximum atomic E-state index is 11.5. The summed E-state index contributed by atoms with van der Waals surface area (Å²) in [6, 6.07) is 0.628. The molecule has 104 valence electrons. The van der Waals surface area contributed by atoms with Gasteiger partial charge in [0.25, 0.3) is 0 Å². The van der Waals surface area contributed by atoms with Crippen molar-refractivity contribution in [3.8, 4) is 0 Å². The molecule has 4 heteroatoms. The van der Waals surface area contributed by atoms with Crippen LogP contribution >= 0.6 is 0 Å². The molecule has 0 spiro atoms. The molecule has 18 heavy (non-hydrogen) atoms. The van der Waals surface area contributed by atoms with E-state index in [1.165, 1.54) is 0 Å². The minimum absolute atomic E-state index is 0.428. The summed E-state index contributed by atoms with van der Waals surface area (Å²) >= 11 is 0. The molecule has 1 saturated heterocycles. The van der Waals surface area contributed by atoms with Crippen molar-refractivity contribution in [3.05, 3.63) is 0 Å². The largest absolute Gasteiger partial charge is 0.481 e. The summed E-state index contributed by atoms with van der Waals surface area (Å²) in [7, 11) is 1.77. The second-order valence-corrected chi connectivity index (χ2v) is 5.85. The van der Waals surface area contributed by atoms with E-state index in [1.54, 1.807) is 7.11 Å². The fraction of sp³-hybridized carbons (Fsp3) is 0.929. The lowest BCUT2D eigenvalue weighted by Crippen LogP contribution is -2.53. The van der Waals surface area contributed by atoms with Gasteiger partial charge in [-0.1, -0.05) is 13.3 Å². The lowest BCUT2D eigenvalue weighted by molar-refractivity contribution is -0.154. The van der Waals surface area contributed by atoms with Gasteiger partial charge in [0.2, 0.25) is 0 Å². The number of aliphatic carboxylic acids is 1. The monoisotopic (exact) mass is 255 g/mol. The lowest BCUT2D eigenvalue weighted by Gasteiger charge is -2.47. The average molecular weight is 255 g/mol. The highest BCUT2D eigenvalue weighted by Gasteiger charge is 2.43. The molecule has 0 atom stereocenters. The normalized spacial score (nSPS) is 31.9. The molecule has 1 saturated carbocycles. The van der Waals surface area contributed by atoms with Crippen molar-refractivity contribution in [1.82, 2.24) is 4.90 Å². The fourth-order valence-electron chi connectivity index (χ4n) is 3.40. The van der Waals surface area contributed by atoms with Crippen LogP contribution in [0.1, 0.15) is 45.4 Å². The number of likely N-dealkylation sites (tertiary alicyclic amines) is 1. The van der Waals surface area contributed by atoms with E-state index in [1.807, 2.05) is 0 Å². The molecule has 2 fully saturated rings. The summed E-state index contributed by atoms with van der Waals surface area (Å²) in [6.45, 7) is 3.95. The van der Waals surface area contributed by atoms with Gasteiger partial charge in [0, 0.05) is 13.2 Å². The van der Waals surface area contributed by atoms with Crippen LogP contribution in [0.2, 0.25) is 0 Å². The highest BCUT2D eigenvalue weighted by molar-refractivity contribution is 5.74. The number of ether oxygens (including phenoxy) is 1. The molecule has 0 amide bonds. The number of methoxy groups -OCH3 is 1. The van der Waals surface area contributed by atoms with E-state index < -0.39 is 11.4 Å². The quantitative estimate of drug-likeness (QED) is 0.817. The Morgan fingerprint density at radius 3 is 2.44 bits per heavy atom. The van der Waals surface area contributed by atoms with Crippen LogP contribution in [0.3, 0.4) is 0 Å². The molecular weight excluding hydrogens is 230 g/mol. The molecule has 4 nitrogen and oxygen atoms in total. The molecule has 0 radical (unpaired) electrons. The number of piperidine rings is 1. The van der Waals surface area contributed by atoms with E-state index in [0.717, 1.165) is 51.6 Å². The zero-order valence-electron chi connectivity index (χ0n) is 11.5. The molecule has 1 N–H and O–H groups in total. The van der Waals surface area contributed by atoms with Crippen molar-refractivity contribution in [1.29, 1.82) is 0 Å². The summed E-state index contributed by atoms with van der Waals surface area (Å²) in [4.78, 5) is 14.0. The van der Waals surface area contributed by atoms with E-state index in [-0.39, 0.29) is 0 Å². The van der Waals surface area contributed by atoms with Crippen molar-refractivity contribution in [2.24, 2.45) is 5.41 Å². The van der Waals surface area contributed by atoms with E-state index in [2.05, 4.69) is 11.8 Å². The Labute approximate surface area is 109 Å². The Kier molecular flexibility index (Phi) is 4.28. The van der Waals surface area contributed by atoms with Crippen LogP contribution < -0.4 is 0 Å². The number of rotatable bonds is 5. The van der Waals surface area contributed by atoms with Gasteiger partial charge >= 0.3 is 5.97 Å². The number of carboxylic acid groups (broad SMARTS) is 1. The van der Waals surface area contributed by atoms with Gasteiger partial charge in [0.05, 0.1) is 11.5 Å². The van der Waals surface area contributed by atoms with Gasteiger partial charge in [0.1, 0.15) is 0 Å². The van der Waals surface area contributed by atoms with Crippen LogP contribution in [0.4, 0.5) is 0 Å². The number of hydrogen-bond donors (Lipinski definition) is 1. The smallest absolute Gasteiger partial charge is 0.309 e. The van der Waals surface area contributed by atoms with Crippen LogP contribution in [-0.2, 0) is 9.53 Å². The first-order valence-electron chi connectivity index (χ1n) is 7.11. The Hall–Kier alpha value is -0.610. The third-order valence-corrected chi connectivity index (χ3v) is 4.86. The van der Waals surface area contributed by atoms with Crippen LogP contribution in [0.5, 0.6) is 0 Å². The molecule has 0 aromatic carbocycles. The number of nitrogens with zero attached hydrogens (tertiary/aromatic N) is 1. The first kappa shape index (κ1) is 13.8. The van der Waals surface area contributed by atoms with Gasteiger partial charge in [0.15, 0.2) is 0 Å². The van der Waals surface area contributed by atoms with Gasteiger partial charge in [-0.2, -0.15) is 0 Å². The Balaban J connectivity index is 1.85. The van der Waals surface area contributed by atoms with Crippen molar-refractivity contribution in [2.75, 3.05) is 20.2 Å². The number of hydrogen-bond acceptors (Lipinski definition) is 3. The van der Waals surface area contributed by atoms with E-state index >= 15 is 0 Å². The molecule has 1 aliphatic carbocycles. The first-order chi connectivity index (χ1) is 8.61. The topological polar surface area (TPSA) is 49.8 Å². The molecule has 0 unspecified atom stereocenters. The molecule has 1 heterocycles. The van der Waals surface area contributed by atoms with Crippen molar-refractivity contribution < 1.29 is 14.6 Å². The second kappa shape index (κ2) is 5.57. The average Bonchev–Trinajstić information content (AvgIpc) is 2.30. The third-order valence-electron chi connectivity index (χ3n) is 4.86. The highest BCUT2D eigenvalue weighted by Crippen LogP contribution is 2.39. The maximum Gasteiger partial charge on any atom is 0.309 e. The highest BCUT2D eigenvalue weighted by atomic mass is 16.5. The molecule has 0 aromatic rings. The van der Waals surface area contributed by atoms with Crippen LogP contribution in [0.25, 0.3) is 0 Å². The second-order valence-electron chi connectivity index (χ2n) is 5.85. The van der Waals surface area contributed by atoms with Crippen molar-refractivity contribution >= 4 is 5.97 Å². The third kappa shape index (κ3) is 2.54. The van der Waals surface area contributed by atoms with Crippen LogP contribution in [0, 0.1) is 5.41 Å². The van der Waals surface area contributed by atoms with Crippen molar-refractivity contribution in [3.63, 3.8) is 0 Å². The van der Waals surface area contributed by atoms with Gasteiger partial charge in [-0.15, -0.1) is 0 Å². The lowest BCUT2D eigenvalue weighted by atomic mass is 9.74. The van der Waals surface area contributed by atoms with Crippen LogP contribution in [-0.4, -0.2) is 48.3 Å². The summed E-state index contributed by atoms with van der Waals surface area (Å²) in [5, 5.41) is 9.46. The predicted octanol–water partition coefficient (Wildman–Crippen LogP) is 2.13. The van der Waals surface area contributed by atoms with Gasteiger partial charge in [-0.05, 0) is 45.2 Å². The molecular formula is C14H25NO3. The van der Waals surface area contributed by atoms with Gasteiger partial charge in [-0.25, -0.2) is 0 Å². The van der Waals surface area contributed by atoms with Crippen LogP contribution in [0.15, 0.2) is 0 Å². The zero-order valence-corrected chi connectivity index (χ0v) is 11.5. The minimum atomic E-state index is -0.590. The minimum Gasteiger partial charge on any atom is -0.481 e. The summed E-state index contributed by atoms with van der Waals surface area (Å²) in [5.41, 5.74) is -0.449. The molecule has 1 aliphatic heterocycles. The Morgan fingerprint density at radius 1 is 1.39 bits per heavy atom. The standard InChI is InChI=1S/C14H25NO3/c1-3-4-14(13(16)17)5-7-15(8-6-14)11-9-12(10-11)18-2/h11-12H,3-10H2,1-2H3,(H,16,17). The van der Waals surface area contributed by atoms with E-state index in [9.17, 15) is 9.90 Å². The van der Waals surface area contributed by atoms with Crippen molar-refractivity contribution in [2.45, 2.75) is 57.6 Å². The van der Waals surface area contributed by atoms with E-state index in [4.69, 9.17) is 4.74 Å². The number of carboxylic acids is 1. The Bertz CT molecular complexity index is 291. The van der Waals surface area contributed by atoms with Gasteiger partial charge < -0.3 is 14.7 Å². The fourth-order valence-corrected chi connectivity index (χ4v) is 3.40.